The Hall–Kier alpha value is -3.67. The molecule has 0 saturated carbocycles. The Bertz CT molecular complexity index is 1090. The van der Waals surface area contributed by atoms with Gasteiger partial charge in [0.05, 0.1) is 17.8 Å². The van der Waals surface area contributed by atoms with Crippen LogP contribution >= 0.6 is 0 Å². The third kappa shape index (κ3) is 2.81. The number of hydrogen-bond donors (Lipinski definition) is 1. The molecule has 0 amide bonds. The number of fused-ring (bicyclic) bond motifs is 1. The fourth-order valence-corrected chi connectivity index (χ4v) is 2.39. The van der Waals surface area contributed by atoms with Gasteiger partial charge in [0, 0.05) is 0 Å². The van der Waals surface area contributed by atoms with Crippen LogP contribution in [0.2, 0.25) is 0 Å². The van der Waals surface area contributed by atoms with Gasteiger partial charge in [-0.15, -0.1) is 0 Å². The predicted octanol–water partition coefficient (Wildman–Crippen LogP) is 3.75. The summed E-state index contributed by atoms with van der Waals surface area (Å²) in [6.45, 7) is 0. The molecule has 0 unspecified atom stereocenters. The highest BCUT2D eigenvalue weighted by molar-refractivity contribution is 5.80. The predicted molar refractivity (Wildman–Crippen MR) is 91.7 cm³/mol. The maximum Gasteiger partial charge on any atom is 0.235 e. The summed E-state index contributed by atoms with van der Waals surface area (Å²) in [6, 6.07) is 15.9. The van der Waals surface area contributed by atoms with E-state index in [1.165, 1.54) is 12.4 Å². The van der Waals surface area contributed by atoms with E-state index < -0.39 is 11.2 Å². The minimum absolute atomic E-state index is 0.0741. The standard InChI is InChI=1S/C19H12N2O4/c22-16-14-8-4-5-9-15(14)25-18(17(16)23)19-20-10-13(11-21-19)24-12-6-2-1-3-7-12/h1-11,23H. The van der Waals surface area contributed by atoms with E-state index >= 15 is 0 Å². The fourth-order valence-electron chi connectivity index (χ4n) is 2.39. The second kappa shape index (κ2) is 6.09. The zero-order chi connectivity index (χ0) is 17.2. The molecule has 0 aliphatic heterocycles. The van der Waals surface area contributed by atoms with Gasteiger partial charge in [-0.1, -0.05) is 30.3 Å². The summed E-state index contributed by atoms with van der Waals surface area (Å²) in [6.07, 6.45) is 2.90. The first-order chi connectivity index (χ1) is 12.2. The van der Waals surface area contributed by atoms with Crippen molar-refractivity contribution >= 4 is 11.0 Å². The van der Waals surface area contributed by atoms with E-state index in [0.717, 1.165) is 0 Å². The molecule has 0 fully saturated rings. The summed E-state index contributed by atoms with van der Waals surface area (Å²) in [7, 11) is 0. The SMILES string of the molecule is O=c1c(O)c(-c2ncc(Oc3ccccc3)cn2)oc2ccccc12. The van der Waals surface area contributed by atoms with Crippen molar-refractivity contribution in [3.05, 3.63) is 77.2 Å². The molecule has 1 N–H and O–H groups in total. The van der Waals surface area contributed by atoms with Crippen molar-refractivity contribution in [1.29, 1.82) is 0 Å². The number of para-hydroxylation sites is 2. The number of benzene rings is 2. The molecule has 25 heavy (non-hydrogen) atoms. The third-order valence-corrected chi connectivity index (χ3v) is 3.58. The van der Waals surface area contributed by atoms with E-state index in [1.54, 1.807) is 24.3 Å². The topological polar surface area (TPSA) is 85.5 Å². The number of aromatic hydroxyl groups is 1. The Morgan fingerprint density at radius 1 is 0.880 bits per heavy atom. The molecule has 122 valence electrons. The van der Waals surface area contributed by atoms with Gasteiger partial charge in [-0.3, -0.25) is 4.79 Å². The summed E-state index contributed by atoms with van der Waals surface area (Å²) < 4.78 is 11.2. The summed E-state index contributed by atoms with van der Waals surface area (Å²) in [4.78, 5) is 20.5. The normalized spacial score (nSPS) is 10.7. The maximum atomic E-state index is 12.2. The second-order valence-electron chi connectivity index (χ2n) is 5.26. The number of rotatable bonds is 3. The number of hydrogen-bond acceptors (Lipinski definition) is 6. The van der Waals surface area contributed by atoms with Crippen LogP contribution in [0.4, 0.5) is 0 Å². The van der Waals surface area contributed by atoms with Crippen LogP contribution in [0.25, 0.3) is 22.6 Å². The van der Waals surface area contributed by atoms with Crippen molar-refractivity contribution in [2.75, 3.05) is 0 Å². The van der Waals surface area contributed by atoms with Crippen LogP contribution in [-0.4, -0.2) is 15.1 Å². The van der Waals surface area contributed by atoms with Crippen LogP contribution in [0, 0.1) is 0 Å². The lowest BCUT2D eigenvalue weighted by molar-refractivity contribution is 0.447. The van der Waals surface area contributed by atoms with Crippen LogP contribution in [-0.2, 0) is 0 Å². The molecule has 0 aliphatic rings. The number of aromatic nitrogens is 2. The molecule has 6 nitrogen and oxygen atoms in total. The first-order valence-corrected chi connectivity index (χ1v) is 7.52. The van der Waals surface area contributed by atoms with E-state index in [2.05, 4.69) is 9.97 Å². The second-order valence-corrected chi connectivity index (χ2v) is 5.26. The van der Waals surface area contributed by atoms with Crippen molar-refractivity contribution in [3.63, 3.8) is 0 Å². The van der Waals surface area contributed by atoms with E-state index in [0.29, 0.717) is 22.5 Å². The van der Waals surface area contributed by atoms with Crippen molar-refractivity contribution in [1.82, 2.24) is 9.97 Å². The van der Waals surface area contributed by atoms with Gasteiger partial charge >= 0.3 is 0 Å². The third-order valence-electron chi connectivity index (χ3n) is 3.58. The molecule has 0 saturated heterocycles. The minimum Gasteiger partial charge on any atom is -0.501 e. The number of ether oxygens (including phenoxy) is 1. The zero-order valence-electron chi connectivity index (χ0n) is 12.9. The molecule has 4 aromatic rings. The lowest BCUT2D eigenvalue weighted by Crippen LogP contribution is -2.03. The lowest BCUT2D eigenvalue weighted by Gasteiger charge is -2.06. The van der Waals surface area contributed by atoms with Crippen molar-refractivity contribution < 1.29 is 14.3 Å². The molecule has 4 rings (SSSR count). The molecule has 0 atom stereocenters. The van der Waals surface area contributed by atoms with E-state index in [4.69, 9.17) is 9.15 Å². The van der Waals surface area contributed by atoms with Gasteiger partial charge < -0.3 is 14.3 Å². The van der Waals surface area contributed by atoms with Gasteiger partial charge in [-0.05, 0) is 24.3 Å². The maximum absolute atomic E-state index is 12.2. The summed E-state index contributed by atoms with van der Waals surface area (Å²) >= 11 is 0. The van der Waals surface area contributed by atoms with Gasteiger partial charge in [0.2, 0.25) is 16.9 Å². The Labute approximate surface area is 142 Å². The van der Waals surface area contributed by atoms with Gasteiger partial charge in [-0.2, -0.15) is 0 Å². The van der Waals surface area contributed by atoms with Crippen LogP contribution in [0.3, 0.4) is 0 Å². The molecule has 2 aromatic heterocycles. The minimum atomic E-state index is -0.523. The monoisotopic (exact) mass is 332 g/mol. The fraction of sp³-hybridized carbons (Fsp3) is 0. The Morgan fingerprint density at radius 2 is 1.56 bits per heavy atom. The van der Waals surface area contributed by atoms with Crippen molar-refractivity contribution in [2.24, 2.45) is 0 Å². The van der Waals surface area contributed by atoms with Crippen molar-refractivity contribution in [3.8, 4) is 28.8 Å². The summed E-state index contributed by atoms with van der Waals surface area (Å²) in [5.41, 5.74) is -0.168. The van der Waals surface area contributed by atoms with E-state index in [-0.39, 0.29) is 11.6 Å². The van der Waals surface area contributed by atoms with Crippen LogP contribution in [0.15, 0.2) is 76.2 Å². The molecule has 6 heteroatoms. The Balaban J connectivity index is 1.72. The molecule has 0 spiro atoms. The smallest absolute Gasteiger partial charge is 0.235 e. The first kappa shape index (κ1) is 14.9. The van der Waals surface area contributed by atoms with Gasteiger partial charge in [-0.25, -0.2) is 9.97 Å². The van der Waals surface area contributed by atoms with Gasteiger partial charge in [0.25, 0.3) is 0 Å². The average Bonchev–Trinajstić information content (AvgIpc) is 2.66. The Kier molecular flexibility index (Phi) is 3.63. The molecular weight excluding hydrogens is 320 g/mol. The highest BCUT2D eigenvalue weighted by atomic mass is 16.5. The van der Waals surface area contributed by atoms with E-state index in [9.17, 15) is 9.90 Å². The van der Waals surface area contributed by atoms with Crippen LogP contribution in [0.1, 0.15) is 0 Å². The molecule has 2 aromatic carbocycles. The highest BCUT2D eigenvalue weighted by Gasteiger charge is 2.17. The zero-order valence-corrected chi connectivity index (χ0v) is 12.9. The Morgan fingerprint density at radius 3 is 2.32 bits per heavy atom. The molecule has 0 aliphatic carbocycles. The summed E-state index contributed by atoms with van der Waals surface area (Å²) in [5, 5.41) is 10.4. The molecule has 2 heterocycles. The molecular formula is C19H12N2O4. The number of nitrogens with zero attached hydrogens (tertiary/aromatic N) is 2. The summed E-state index contributed by atoms with van der Waals surface area (Å²) in [5.74, 6) is 0.586. The first-order valence-electron chi connectivity index (χ1n) is 7.52. The van der Waals surface area contributed by atoms with Crippen LogP contribution < -0.4 is 10.2 Å². The highest BCUT2D eigenvalue weighted by Crippen LogP contribution is 2.28. The van der Waals surface area contributed by atoms with Crippen LogP contribution in [0.5, 0.6) is 17.2 Å². The van der Waals surface area contributed by atoms with Gasteiger partial charge in [0.15, 0.2) is 11.6 Å². The molecule has 0 bridgehead atoms. The van der Waals surface area contributed by atoms with E-state index in [1.807, 2.05) is 30.3 Å². The molecule has 0 radical (unpaired) electrons. The quantitative estimate of drug-likeness (QED) is 0.615. The lowest BCUT2D eigenvalue weighted by atomic mass is 10.2. The van der Waals surface area contributed by atoms with Gasteiger partial charge in [0.1, 0.15) is 11.3 Å². The largest absolute Gasteiger partial charge is 0.501 e. The average molecular weight is 332 g/mol. The van der Waals surface area contributed by atoms with Crippen molar-refractivity contribution in [2.45, 2.75) is 0 Å².